The second kappa shape index (κ2) is 5.86. The summed E-state index contributed by atoms with van der Waals surface area (Å²) in [6.45, 7) is 1.73. The van der Waals surface area contributed by atoms with Gasteiger partial charge in [0.2, 0.25) is 0 Å². The molecule has 1 aromatic rings. The number of carbonyl (C=O) groups is 1. The van der Waals surface area contributed by atoms with E-state index >= 15 is 0 Å². The minimum Gasteiger partial charge on any atom is -0.424 e. The maximum absolute atomic E-state index is 11.9. The van der Waals surface area contributed by atoms with E-state index in [4.69, 9.17) is 9.47 Å². The average molecular weight is 284 g/mol. The molecule has 1 heterocycles. The van der Waals surface area contributed by atoms with Crippen LogP contribution < -0.4 is 4.74 Å². The van der Waals surface area contributed by atoms with Crippen molar-refractivity contribution < 1.29 is 34.7 Å². The Morgan fingerprint density at radius 1 is 1.10 bits per heavy atom. The molecule has 7 heteroatoms. The number of benzene rings is 1. The van der Waals surface area contributed by atoms with Gasteiger partial charge >= 0.3 is 5.97 Å². The smallest absolute Gasteiger partial charge is 0.343 e. The van der Waals surface area contributed by atoms with E-state index < -0.39 is 36.7 Å². The molecule has 0 aromatic heterocycles. The Kier molecular flexibility index (Phi) is 4.36. The van der Waals surface area contributed by atoms with Crippen LogP contribution >= 0.6 is 0 Å². The molecule has 0 amide bonds. The highest BCUT2D eigenvalue weighted by atomic mass is 16.7. The lowest BCUT2D eigenvalue weighted by atomic mass is 9.99. The van der Waals surface area contributed by atoms with Gasteiger partial charge in [0.15, 0.2) is 12.4 Å². The minimum atomic E-state index is -1.78. The molecule has 1 aromatic carbocycles. The molecule has 1 aliphatic rings. The van der Waals surface area contributed by atoms with Gasteiger partial charge in [0, 0.05) is 0 Å². The van der Waals surface area contributed by atoms with Crippen molar-refractivity contribution in [3.8, 4) is 5.75 Å². The Morgan fingerprint density at radius 3 is 2.40 bits per heavy atom. The van der Waals surface area contributed by atoms with Crippen LogP contribution in [0.15, 0.2) is 24.3 Å². The van der Waals surface area contributed by atoms with E-state index in [-0.39, 0.29) is 5.75 Å². The molecule has 0 aliphatic carbocycles. The zero-order valence-corrected chi connectivity index (χ0v) is 10.7. The molecule has 0 saturated carbocycles. The molecule has 20 heavy (non-hydrogen) atoms. The third-order valence-corrected chi connectivity index (χ3v) is 3.12. The zero-order chi connectivity index (χ0) is 14.9. The predicted molar refractivity (Wildman–Crippen MR) is 65.7 cm³/mol. The highest BCUT2D eigenvalue weighted by Crippen LogP contribution is 2.23. The van der Waals surface area contributed by atoms with Crippen molar-refractivity contribution in [2.45, 2.75) is 37.6 Å². The largest absolute Gasteiger partial charge is 0.424 e. The molecular weight excluding hydrogens is 268 g/mol. The molecule has 0 radical (unpaired) electrons. The zero-order valence-electron chi connectivity index (χ0n) is 10.7. The first-order chi connectivity index (χ1) is 9.41. The van der Waals surface area contributed by atoms with Gasteiger partial charge in [-0.05, 0) is 18.6 Å². The summed E-state index contributed by atoms with van der Waals surface area (Å²) in [5.74, 6) is -0.680. The maximum Gasteiger partial charge on any atom is 0.343 e. The number of hydrogen-bond acceptors (Lipinski definition) is 7. The summed E-state index contributed by atoms with van der Waals surface area (Å²) in [7, 11) is 0. The summed E-state index contributed by atoms with van der Waals surface area (Å²) >= 11 is 0. The molecule has 2 rings (SSSR count). The van der Waals surface area contributed by atoms with Crippen LogP contribution in [0.3, 0.4) is 0 Å². The molecule has 1 saturated heterocycles. The van der Waals surface area contributed by atoms with Gasteiger partial charge in [-0.1, -0.05) is 18.2 Å². The quantitative estimate of drug-likeness (QED) is 0.394. The highest BCUT2D eigenvalue weighted by molar-refractivity contribution is 5.78. The van der Waals surface area contributed by atoms with Gasteiger partial charge in [0.05, 0.1) is 0 Å². The van der Waals surface area contributed by atoms with Gasteiger partial charge in [-0.15, -0.1) is 0 Å². The van der Waals surface area contributed by atoms with Gasteiger partial charge in [0.25, 0.3) is 0 Å². The van der Waals surface area contributed by atoms with E-state index in [1.54, 1.807) is 31.2 Å². The molecule has 0 spiro atoms. The Bertz CT molecular complexity index is 489. The van der Waals surface area contributed by atoms with Crippen molar-refractivity contribution in [2.24, 2.45) is 0 Å². The third-order valence-electron chi connectivity index (χ3n) is 3.12. The average Bonchev–Trinajstić information content (AvgIpc) is 2.43. The first kappa shape index (κ1) is 14.9. The normalized spacial score (nSPS) is 33.8. The second-order valence-corrected chi connectivity index (χ2v) is 4.61. The summed E-state index contributed by atoms with van der Waals surface area (Å²) in [6, 6.07) is 6.72. The van der Waals surface area contributed by atoms with Crippen LogP contribution in [0.1, 0.15) is 5.56 Å². The standard InChI is InChI=1S/C13H16O7/c1-6-4-2-3-5-7(6)19-13(18)11-9(15)8(14)10(16)12(17)20-11/h2-5,8-12,14-17H,1H3/t8-,9-,10+,11-,12+/m0/s1. The molecule has 110 valence electrons. The van der Waals surface area contributed by atoms with E-state index in [2.05, 4.69) is 0 Å². The number of ether oxygens (including phenoxy) is 2. The van der Waals surface area contributed by atoms with E-state index in [1.165, 1.54) is 0 Å². The Hall–Kier alpha value is -1.51. The topological polar surface area (TPSA) is 116 Å². The number of aliphatic hydroxyl groups excluding tert-OH is 4. The van der Waals surface area contributed by atoms with Crippen LogP contribution in [0.2, 0.25) is 0 Å². The molecule has 0 bridgehead atoms. The molecule has 7 nitrogen and oxygen atoms in total. The fourth-order valence-corrected chi connectivity index (χ4v) is 1.89. The number of carbonyl (C=O) groups excluding carboxylic acids is 1. The van der Waals surface area contributed by atoms with Crippen molar-refractivity contribution in [3.05, 3.63) is 29.8 Å². The molecule has 1 aliphatic heterocycles. The molecule has 4 N–H and O–H groups in total. The monoisotopic (exact) mass is 284 g/mol. The van der Waals surface area contributed by atoms with E-state index in [1.807, 2.05) is 0 Å². The SMILES string of the molecule is Cc1ccccc1OC(=O)[C@H]1O[C@@H](O)[C@H](O)[C@@H](O)[C@@H]1O. The fourth-order valence-electron chi connectivity index (χ4n) is 1.89. The van der Waals surface area contributed by atoms with Crippen molar-refractivity contribution in [3.63, 3.8) is 0 Å². The lowest BCUT2D eigenvalue weighted by molar-refractivity contribution is -0.279. The van der Waals surface area contributed by atoms with Crippen LogP contribution in [0.5, 0.6) is 5.75 Å². The first-order valence-corrected chi connectivity index (χ1v) is 6.07. The summed E-state index contributed by atoms with van der Waals surface area (Å²) in [5.41, 5.74) is 0.701. The van der Waals surface area contributed by atoms with Crippen LogP contribution in [0, 0.1) is 6.92 Å². The Labute approximate surface area is 115 Å². The number of rotatable bonds is 2. The van der Waals surface area contributed by atoms with Crippen molar-refractivity contribution in [1.82, 2.24) is 0 Å². The van der Waals surface area contributed by atoms with Crippen molar-refractivity contribution in [2.75, 3.05) is 0 Å². The third kappa shape index (κ3) is 2.82. The number of hydrogen-bond donors (Lipinski definition) is 4. The van der Waals surface area contributed by atoms with E-state index in [9.17, 15) is 25.2 Å². The highest BCUT2D eigenvalue weighted by Gasteiger charge is 2.47. The number of para-hydroxylation sites is 1. The fraction of sp³-hybridized carbons (Fsp3) is 0.462. The lowest BCUT2D eigenvalue weighted by Gasteiger charge is -2.36. The minimum absolute atomic E-state index is 0.281. The maximum atomic E-state index is 11.9. The second-order valence-electron chi connectivity index (χ2n) is 4.61. The number of aryl methyl sites for hydroxylation is 1. The molecule has 1 fully saturated rings. The molecular formula is C13H16O7. The van der Waals surface area contributed by atoms with Gasteiger partial charge in [0.1, 0.15) is 24.1 Å². The Balaban J connectivity index is 2.11. The van der Waals surface area contributed by atoms with Crippen LogP contribution in [-0.4, -0.2) is 57.1 Å². The van der Waals surface area contributed by atoms with Gasteiger partial charge in [-0.2, -0.15) is 0 Å². The van der Waals surface area contributed by atoms with Gasteiger partial charge in [-0.3, -0.25) is 0 Å². The first-order valence-electron chi connectivity index (χ1n) is 6.07. The van der Waals surface area contributed by atoms with Gasteiger partial charge in [-0.25, -0.2) is 4.79 Å². The van der Waals surface area contributed by atoms with Crippen molar-refractivity contribution in [1.29, 1.82) is 0 Å². The number of aliphatic hydroxyl groups is 4. The predicted octanol–water partition coefficient (Wildman–Crippen LogP) is -1.30. The van der Waals surface area contributed by atoms with Crippen LogP contribution in [0.25, 0.3) is 0 Å². The van der Waals surface area contributed by atoms with Crippen LogP contribution in [0.4, 0.5) is 0 Å². The van der Waals surface area contributed by atoms with E-state index in [0.29, 0.717) is 5.56 Å². The Morgan fingerprint density at radius 2 is 1.75 bits per heavy atom. The summed E-state index contributed by atoms with van der Waals surface area (Å²) in [6.07, 6.45) is -8.43. The molecule has 0 unspecified atom stereocenters. The summed E-state index contributed by atoms with van der Waals surface area (Å²) in [5, 5.41) is 37.9. The summed E-state index contributed by atoms with van der Waals surface area (Å²) in [4.78, 5) is 11.9. The molecule has 5 atom stereocenters. The van der Waals surface area contributed by atoms with E-state index in [0.717, 1.165) is 0 Å². The summed E-state index contributed by atoms with van der Waals surface area (Å²) < 4.78 is 9.84. The van der Waals surface area contributed by atoms with Gasteiger partial charge < -0.3 is 29.9 Å². The van der Waals surface area contributed by atoms with Crippen LogP contribution in [-0.2, 0) is 9.53 Å². The van der Waals surface area contributed by atoms with Crippen molar-refractivity contribution >= 4 is 5.97 Å². The number of esters is 1. The lowest BCUT2D eigenvalue weighted by Crippen LogP contribution is -2.60.